The number of hydrogen-bond acceptors (Lipinski definition) is 4. The van der Waals surface area contributed by atoms with Gasteiger partial charge in [0.1, 0.15) is 5.69 Å². The van der Waals surface area contributed by atoms with Gasteiger partial charge in [-0.3, -0.25) is 13.9 Å². The Hall–Kier alpha value is -2.64. The Kier molecular flexibility index (Phi) is 4.25. The lowest BCUT2D eigenvalue weighted by molar-refractivity contribution is 0.0946. The summed E-state index contributed by atoms with van der Waals surface area (Å²) >= 11 is 7.66. The number of fused-ring (bicyclic) bond motifs is 1. The van der Waals surface area contributed by atoms with Crippen molar-refractivity contribution < 1.29 is 4.79 Å². The van der Waals surface area contributed by atoms with Gasteiger partial charge in [0.2, 0.25) is 0 Å². The van der Waals surface area contributed by atoms with Crippen LogP contribution in [0, 0.1) is 0 Å². The van der Waals surface area contributed by atoms with Crippen molar-refractivity contribution in [1.82, 2.24) is 24.5 Å². The summed E-state index contributed by atoms with van der Waals surface area (Å²) in [5, 5.41) is 9.46. The summed E-state index contributed by atoms with van der Waals surface area (Å²) < 4.78 is 3.57. The summed E-state index contributed by atoms with van der Waals surface area (Å²) in [5.41, 5.74) is 2.17. The van der Waals surface area contributed by atoms with Crippen LogP contribution in [0.2, 0.25) is 5.02 Å². The molecule has 0 fully saturated rings. The highest BCUT2D eigenvalue weighted by molar-refractivity contribution is 7.15. The van der Waals surface area contributed by atoms with E-state index < -0.39 is 0 Å². The van der Waals surface area contributed by atoms with Gasteiger partial charge in [-0.1, -0.05) is 29.8 Å². The Morgan fingerprint density at radius 1 is 1.28 bits per heavy atom. The van der Waals surface area contributed by atoms with Crippen molar-refractivity contribution in [3.63, 3.8) is 0 Å². The summed E-state index contributed by atoms with van der Waals surface area (Å²) in [4.78, 5) is 17.8. The highest BCUT2D eigenvalue weighted by Gasteiger charge is 2.15. The van der Waals surface area contributed by atoms with Crippen LogP contribution in [-0.2, 0) is 6.54 Å². The van der Waals surface area contributed by atoms with E-state index in [1.807, 2.05) is 48.1 Å². The van der Waals surface area contributed by atoms with E-state index in [4.69, 9.17) is 11.6 Å². The molecule has 0 aliphatic heterocycles. The van der Waals surface area contributed by atoms with Gasteiger partial charge in [-0.2, -0.15) is 5.10 Å². The molecule has 0 unspecified atom stereocenters. The quantitative estimate of drug-likeness (QED) is 0.585. The van der Waals surface area contributed by atoms with Crippen LogP contribution in [0.5, 0.6) is 0 Å². The Morgan fingerprint density at radius 3 is 2.96 bits per heavy atom. The third-order valence-electron chi connectivity index (χ3n) is 3.78. The zero-order chi connectivity index (χ0) is 17.2. The lowest BCUT2D eigenvalue weighted by Gasteiger charge is -2.04. The number of thiazole rings is 1. The maximum absolute atomic E-state index is 12.5. The van der Waals surface area contributed by atoms with E-state index in [1.165, 1.54) is 11.3 Å². The minimum absolute atomic E-state index is 0.137. The van der Waals surface area contributed by atoms with Crippen LogP contribution in [0.15, 0.2) is 54.3 Å². The maximum atomic E-state index is 12.5. The molecule has 0 spiro atoms. The Balaban J connectivity index is 1.54. The third kappa shape index (κ3) is 3.16. The number of amides is 1. The molecule has 8 heteroatoms. The van der Waals surface area contributed by atoms with Crippen molar-refractivity contribution in [1.29, 1.82) is 0 Å². The first-order valence-electron chi connectivity index (χ1n) is 7.69. The van der Waals surface area contributed by atoms with Crippen molar-refractivity contribution in [3.8, 4) is 11.3 Å². The van der Waals surface area contributed by atoms with Gasteiger partial charge in [0, 0.05) is 36.1 Å². The topological polar surface area (TPSA) is 64.2 Å². The fourth-order valence-corrected chi connectivity index (χ4v) is 3.64. The van der Waals surface area contributed by atoms with Crippen LogP contribution in [0.3, 0.4) is 0 Å². The van der Waals surface area contributed by atoms with Crippen LogP contribution >= 0.6 is 22.9 Å². The van der Waals surface area contributed by atoms with Gasteiger partial charge < -0.3 is 5.32 Å². The lowest BCUT2D eigenvalue weighted by Crippen LogP contribution is -2.28. The van der Waals surface area contributed by atoms with Crippen LogP contribution in [0.4, 0.5) is 0 Å². The molecule has 126 valence electrons. The number of aromatic nitrogens is 4. The molecule has 0 radical (unpaired) electrons. The van der Waals surface area contributed by atoms with Gasteiger partial charge in [-0.25, -0.2) is 4.98 Å². The molecule has 4 rings (SSSR count). The summed E-state index contributed by atoms with van der Waals surface area (Å²) in [7, 11) is 0. The van der Waals surface area contributed by atoms with E-state index in [9.17, 15) is 4.79 Å². The molecule has 0 atom stereocenters. The molecule has 4 aromatic rings. The molecule has 0 aliphatic rings. The molecule has 1 N–H and O–H groups in total. The largest absolute Gasteiger partial charge is 0.349 e. The highest BCUT2D eigenvalue weighted by atomic mass is 35.5. The second-order valence-corrected chi connectivity index (χ2v) is 6.65. The average molecular weight is 372 g/mol. The van der Waals surface area contributed by atoms with Gasteiger partial charge in [0.05, 0.1) is 17.3 Å². The van der Waals surface area contributed by atoms with Crippen LogP contribution in [0.1, 0.15) is 10.5 Å². The Labute approximate surface area is 152 Å². The highest BCUT2D eigenvalue weighted by Crippen LogP contribution is 2.28. The van der Waals surface area contributed by atoms with E-state index in [2.05, 4.69) is 15.4 Å². The minimum atomic E-state index is -0.137. The van der Waals surface area contributed by atoms with Crippen LogP contribution < -0.4 is 5.32 Å². The molecule has 1 amide bonds. The molecule has 3 heterocycles. The maximum Gasteiger partial charge on any atom is 0.269 e. The Bertz CT molecular complexity index is 1020. The summed E-state index contributed by atoms with van der Waals surface area (Å²) in [6.07, 6.45) is 5.42. The number of nitrogens with one attached hydrogen (secondary N) is 1. The van der Waals surface area contributed by atoms with E-state index >= 15 is 0 Å². The second-order valence-electron chi connectivity index (χ2n) is 5.40. The smallest absolute Gasteiger partial charge is 0.269 e. The molecular weight excluding hydrogens is 358 g/mol. The van der Waals surface area contributed by atoms with Crippen LogP contribution in [-0.4, -0.2) is 31.6 Å². The van der Waals surface area contributed by atoms with Crippen molar-refractivity contribution in [2.24, 2.45) is 0 Å². The lowest BCUT2D eigenvalue weighted by atomic mass is 10.2. The van der Waals surface area contributed by atoms with E-state index in [0.29, 0.717) is 23.8 Å². The standard InChI is InChI=1S/C17H14ClN5OS/c18-13-5-2-1-4-12(13)14-10-23-15(11-25-17(23)21-14)16(24)19-7-9-22-8-3-6-20-22/h1-6,8,10-11H,7,9H2,(H,19,24). The second kappa shape index (κ2) is 6.70. The molecule has 0 aliphatic carbocycles. The Morgan fingerprint density at radius 2 is 2.16 bits per heavy atom. The molecule has 3 aromatic heterocycles. The molecule has 25 heavy (non-hydrogen) atoms. The summed E-state index contributed by atoms with van der Waals surface area (Å²) in [6, 6.07) is 9.39. The van der Waals surface area contributed by atoms with Gasteiger partial charge in [0.15, 0.2) is 4.96 Å². The average Bonchev–Trinajstić information content (AvgIpc) is 3.31. The molecule has 6 nitrogen and oxygen atoms in total. The zero-order valence-electron chi connectivity index (χ0n) is 13.1. The monoisotopic (exact) mass is 371 g/mol. The van der Waals surface area contributed by atoms with Gasteiger partial charge in [-0.15, -0.1) is 11.3 Å². The predicted octanol–water partition coefficient (Wildman–Crippen LogP) is 3.34. The molecular formula is C17H14ClN5OS. The number of imidazole rings is 1. The van der Waals surface area contributed by atoms with Crippen molar-refractivity contribution in [2.75, 3.05) is 6.54 Å². The van der Waals surface area contributed by atoms with Crippen LogP contribution in [0.25, 0.3) is 16.2 Å². The number of rotatable bonds is 5. The van der Waals surface area contributed by atoms with Gasteiger partial charge in [0.25, 0.3) is 5.91 Å². The van der Waals surface area contributed by atoms with Crippen molar-refractivity contribution >= 4 is 33.8 Å². The number of nitrogens with zero attached hydrogens (tertiary/aromatic N) is 4. The SMILES string of the molecule is O=C(NCCn1cccn1)c1csc2nc(-c3ccccc3Cl)cn12. The van der Waals surface area contributed by atoms with Gasteiger partial charge >= 0.3 is 0 Å². The third-order valence-corrected chi connectivity index (χ3v) is 4.95. The van der Waals surface area contributed by atoms with Crippen molar-refractivity contribution in [3.05, 3.63) is 65.0 Å². The number of carbonyl (C=O) groups excluding carboxylic acids is 1. The summed E-state index contributed by atoms with van der Waals surface area (Å²) in [5.74, 6) is -0.137. The molecule has 0 saturated carbocycles. The first kappa shape index (κ1) is 15.9. The number of hydrogen-bond donors (Lipinski definition) is 1. The zero-order valence-corrected chi connectivity index (χ0v) is 14.7. The van der Waals surface area contributed by atoms with E-state index in [1.54, 1.807) is 15.3 Å². The first-order valence-corrected chi connectivity index (χ1v) is 8.95. The minimum Gasteiger partial charge on any atom is -0.349 e. The van der Waals surface area contributed by atoms with E-state index in [-0.39, 0.29) is 5.91 Å². The number of benzene rings is 1. The first-order chi connectivity index (χ1) is 12.2. The molecule has 1 aromatic carbocycles. The van der Waals surface area contributed by atoms with E-state index in [0.717, 1.165) is 16.2 Å². The number of carbonyl (C=O) groups is 1. The summed E-state index contributed by atoms with van der Waals surface area (Å²) in [6.45, 7) is 1.13. The normalized spacial score (nSPS) is 11.1. The van der Waals surface area contributed by atoms with Gasteiger partial charge in [-0.05, 0) is 12.1 Å². The fourth-order valence-electron chi connectivity index (χ4n) is 2.55. The number of halogens is 1. The fraction of sp³-hybridized carbons (Fsp3) is 0.118. The molecule has 0 saturated heterocycles. The molecule has 0 bridgehead atoms. The van der Waals surface area contributed by atoms with Crippen molar-refractivity contribution in [2.45, 2.75) is 6.54 Å². The predicted molar refractivity (Wildman–Crippen MR) is 98.1 cm³/mol.